The molecule has 1 saturated heterocycles. The second kappa shape index (κ2) is 9.44. The summed E-state index contributed by atoms with van der Waals surface area (Å²) >= 11 is 1.10. The summed E-state index contributed by atoms with van der Waals surface area (Å²) in [5.74, 6) is -3.14. The first-order valence-corrected chi connectivity index (χ1v) is 10.5. The standard InChI is InChI=1S/C21H19F3N4O2S/c22-13-2-1-3-14(23)18(13)19-15(24)4-5-16(27-19)20(29)28-17-10-26-31-21(17)30-11-12-6-8-25-9-7-12/h1-5,10,12,25H,6-9,11H2,(H,28,29). The minimum atomic E-state index is -0.973. The summed E-state index contributed by atoms with van der Waals surface area (Å²) in [4.78, 5) is 16.5. The number of benzene rings is 1. The Bertz CT molecular complexity index is 1070. The van der Waals surface area contributed by atoms with Crippen LogP contribution in [0.1, 0.15) is 23.3 Å². The van der Waals surface area contributed by atoms with E-state index >= 15 is 0 Å². The van der Waals surface area contributed by atoms with E-state index in [1.165, 1.54) is 6.20 Å². The van der Waals surface area contributed by atoms with Gasteiger partial charge in [-0.3, -0.25) is 4.79 Å². The Morgan fingerprint density at radius 1 is 1.13 bits per heavy atom. The van der Waals surface area contributed by atoms with Crippen LogP contribution in [0.2, 0.25) is 0 Å². The average molecular weight is 448 g/mol. The van der Waals surface area contributed by atoms with Gasteiger partial charge in [-0.05, 0) is 56.1 Å². The van der Waals surface area contributed by atoms with E-state index < -0.39 is 34.6 Å². The highest BCUT2D eigenvalue weighted by Crippen LogP contribution is 2.31. The summed E-state index contributed by atoms with van der Waals surface area (Å²) in [6.45, 7) is 2.40. The van der Waals surface area contributed by atoms with Gasteiger partial charge in [0.2, 0.25) is 5.06 Å². The second-order valence-electron chi connectivity index (χ2n) is 7.11. The summed E-state index contributed by atoms with van der Waals surface area (Å²) < 4.78 is 52.3. The van der Waals surface area contributed by atoms with Crippen molar-refractivity contribution in [2.24, 2.45) is 5.92 Å². The maximum atomic E-state index is 14.2. The fourth-order valence-corrected chi connectivity index (χ4v) is 3.89. The SMILES string of the molecule is O=C(Nc1cnsc1OCC1CCNCC1)c1ccc(F)c(-c2c(F)cccc2F)n1. The van der Waals surface area contributed by atoms with Gasteiger partial charge in [-0.1, -0.05) is 6.07 Å². The Kier molecular flexibility index (Phi) is 6.47. The number of hydrogen-bond donors (Lipinski definition) is 2. The van der Waals surface area contributed by atoms with Crippen LogP contribution in [0.15, 0.2) is 36.5 Å². The number of carbonyl (C=O) groups is 1. The fourth-order valence-electron chi connectivity index (χ4n) is 3.31. The lowest BCUT2D eigenvalue weighted by molar-refractivity contribution is 0.102. The zero-order valence-electron chi connectivity index (χ0n) is 16.3. The third kappa shape index (κ3) is 4.86. The Labute approximate surface area is 180 Å². The molecule has 1 amide bonds. The van der Waals surface area contributed by atoms with Crippen molar-refractivity contribution in [2.75, 3.05) is 25.0 Å². The van der Waals surface area contributed by atoms with Gasteiger partial charge in [0.05, 0.1) is 18.4 Å². The van der Waals surface area contributed by atoms with E-state index in [-0.39, 0.29) is 5.69 Å². The number of nitrogens with zero attached hydrogens (tertiary/aromatic N) is 2. The molecule has 0 radical (unpaired) electrons. The molecule has 0 saturated carbocycles. The lowest BCUT2D eigenvalue weighted by Crippen LogP contribution is -2.30. The van der Waals surface area contributed by atoms with E-state index in [0.717, 1.165) is 67.8 Å². The van der Waals surface area contributed by atoms with Gasteiger partial charge in [-0.15, -0.1) is 0 Å². The number of amides is 1. The number of pyridine rings is 1. The first-order chi connectivity index (χ1) is 15.0. The molecule has 31 heavy (non-hydrogen) atoms. The molecule has 1 aromatic carbocycles. The molecule has 4 rings (SSSR count). The van der Waals surface area contributed by atoms with Crippen molar-refractivity contribution in [3.63, 3.8) is 0 Å². The predicted molar refractivity (Wildman–Crippen MR) is 111 cm³/mol. The summed E-state index contributed by atoms with van der Waals surface area (Å²) in [7, 11) is 0. The molecule has 0 unspecified atom stereocenters. The van der Waals surface area contributed by atoms with E-state index in [9.17, 15) is 18.0 Å². The van der Waals surface area contributed by atoms with Crippen molar-refractivity contribution in [1.29, 1.82) is 0 Å². The van der Waals surface area contributed by atoms with Crippen molar-refractivity contribution >= 4 is 23.1 Å². The molecule has 0 bridgehead atoms. The number of ether oxygens (including phenoxy) is 1. The van der Waals surface area contributed by atoms with Gasteiger partial charge < -0.3 is 15.4 Å². The predicted octanol–water partition coefficient (Wildman–Crippen LogP) is 4.25. The summed E-state index contributed by atoms with van der Waals surface area (Å²) in [6.07, 6.45) is 3.46. The monoisotopic (exact) mass is 448 g/mol. The highest BCUT2D eigenvalue weighted by Gasteiger charge is 2.21. The molecule has 3 heterocycles. The largest absolute Gasteiger partial charge is 0.481 e. The number of aromatic nitrogens is 2. The Balaban J connectivity index is 1.50. The number of nitrogens with one attached hydrogen (secondary N) is 2. The first-order valence-electron chi connectivity index (χ1n) is 9.73. The number of halogens is 3. The van der Waals surface area contributed by atoms with Crippen LogP contribution in [-0.4, -0.2) is 35.0 Å². The zero-order valence-corrected chi connectivity index (χ0v) is 17.1. The van der Waals surface area contributed by atoms with Crippen molar-refractivity contribution in [3.05, 3.63) is 59.7 Å². The maximum absolute atomic E-state index is 14.2. The van der Waals surface area contributed by atoms with Crippen LogP contribution in [0.5, 0.6) is 5.06 Å². The first kappa shape index (κ1) is 21.3. The van der Waals surface area contributed by atoms with Crippen LogP contribution in [0, 0.1) is 23.4 Å². The lowest BCUT2D eigenvalue weighted by Gasteiger charge is -2.22. The molecule has 0 spiro atoms. The molecule has 162 valence electrons. The van der Waals surface area contributed by atoms with Gasteiger partial charge in [-0.2, -0.15) is 4.37 Å². The summed E-state index contributed by atoms with van der Waals surface area (Å²) in [5, 5.41) is 6.36. The third-order valence-corrected chi connectivity index (χ3v) is 5.69. The molecule has 0 atom stereocenters. The summed E-state index contributed by atoms with van der Waals surface area (Å²) in [6, 6.07) is 5.24. The topological polar surface area (TPSA) is 76.1 Å². The molecule has 3 aromatic rings. The van der Waals surface area contributed by atoms with Gasteiger partial charge >= 0.3 is 0 Å². The van der Waals surface area contributed by atoms with Gasteiger partial charge in [-0.25, -0.2) is 18.2 Å². The van der Waals surface area contributed by atoms with Crippen LogP contribution in [0.3, 0.4) is 0 Å². The molecular weight excluding hydrogens is 429 g/mol. The second-order valence-corrected chi connectivity index (χ2v) is 7.87. The quantitative estimate of drug-likeness (QED) is 0.590. The lowest BCUT2D eigenvalue weighted by atomic mass is 9.99. The molecule has 1 aliphatic rings. The maximum Gasteiger partial charge on any atom is 0.274 e. The number of anilines is 1. The minimum absolute atomic E-state index is 0.199. The van der Waals surface area contributed by atoms with Crippen molar-refractivity contribution in [3.8, 4) is 16.3 Å². The van der Waals surface area contributed by atoms with Crippen molar-refractivity contribution < 1.29 is 22.7 Å². The van der Waals surface area contributed by atoms with E-state index in [4.69, 9.17) is 4.74 Å². The van der Waals surface area contributed by atoms with Crippen LogP contribution < -0.4 is 15.4 Å². The summed E-state index contributed by atoms with van der Waals surface area (Å²) in [5.41, 5.74) is -1.05. The highest BCUT2D eigenvalue weighted by atomic mass is 32.1. The van der Waals surface area contributed by atoms with Crippen LogP contribution >= 0.6 is 11.5 Å². The van der Waals surface area contributed by atoms with Crippen LogP contribution in [-0.2, 0) is 0 Å². The van der Waals surface area contributed by atoms with Gasteiger partial charge in [0, 0.05) is 11.5 Å². The molecule has 1 aliphatic heterocycles. The average Bonchev–Trinajstić information content (AvgIpc) is 3.21. The van der Waals surface area contributed by atoms with Gasteiger partial charge in [0.25, 0.3) is 5.91 Å². The van der Waals surface area contributed by atoms with E-state index in [1.807, 2.05) is 0 Å². The molecule has 10 heteroatoms. The van der Waals surface area contributed by atoms with Crippen LogP contribution in [0.25, 0.3) is 11.3 Å². The molecule has 0 aliphatic carbocycles. The normalized spacial score (nSPS) is 14.4. The van der Waals surface area contributed by atoms with Gasteiger partial charge in [0.15, 0.2) is 0 Å². The fraction of sp³-hybridized carbons (Fsp3) is 0.286. The van der Waals surface area contributed by atoms with E-state index in [2.05, 4.69) is 20.0 Å². The van der Waals surface area contributed by atoms with E-state index in [1.54, 1.807) is 0 Å². The third-order valence-electron chi connectivity index (χ3n) is 4.97. The minimum Gasteiger partial charge on any atom is -0.481 e. The Morgan fingerprint density at radius 2 is 1.87 bits per heavy atom. The number of hydrogen-bond acceptors (Lipinski definition) is 6. The Hall–Kier alpha value is -2.98. The van der Waals surface area contributed by atoms with E-state index in [0.29, 0.717) is 23.3 Å². The zero-order chi connectivity index (χ0) is 21.8. The number of rotatable bonds is 6. The number of carbonyl (C=O) groups excluding carboxylic acids is 1. The molecular formula is C21H19F3N4O2S. The van der Waals surface area contributed by atoms with Gasteiger partial charge in [0.1, 0.15) is 34.5 Å². The van der Waals surface area contributed by atoms with Crippen molar-refractivity contribution in [2.45, 2.75) is 12.8 Å². The van der Waals surface area contributed by atoms with Crippen molar-refractivity contribution in [1.82, 2.24) is 14.7 Å². The molecule has 1 fully saturated rings. The molecule has 2 aromatic heterocycles. The smallest absolute Gasteiger partial charge is 0.274 e. The Morgan fingerprint density at radius 3 is 2.61 bits per heavy atom. The van der Waals surface area contributed by atoms with Crippen LogP contribution in [0.4, 0.5) is 18.9 Å². The molecule has 2 N–H and O–H groups in total. The molecule has 6 nitrogen and oxygen atoms in total. The highest BCUT2D eigenvalue weighted by molar-refractivity contribution is 7.08. The number of piperidine rings is 1.